The van der Waals surface area contributed by atoms with Crippen LogP contribution in [0.4, 0.5) is 11.4 Å². The smallest absolute Gasteiger partial charge is 0.255 e. The third kappa shape index (κ3) is 2.32. The molecule has 0 aliphatic heterocycles. The fourth-order valence-electron chi connectivity index (χ4n) is 2.52. The minimum absolute atomic E-state index is 0.104. The summed E-state index contributed by atoms with van der Waals surface area (Å²) < 4.78 is 0. The molecule has 0 atom stereocenters. The SMILES string of the molecule is Nc1ccccc1NC(=O)c1ccc2c(c1)CCC2. The number of nitrogens with one attached hydrogen (secondary N) is 1. The number of para-hydroxylation sites is 2. The van der Waals surface area contributed by atoms with Crippen molar-refractivity contribution in [3.63, 3.8) is 0 Å². The number of nitrogen functional groups attached to an aromatic ring is 1. The Balaban J connectivity index is 1.83. The van der Waals surface area contributed by atoms with E-state index in [1.165, 1.54) is 17.5 Å². The summed E-state index contributed by atoms with van der Waals surface area (Å²) in [6.07, 6.45) is 3.39. The van der Waals surface area contributed by atoms with E-state index in [9.17, 15) is 4.79 Å². The molecule has 0 aromatic heterocycles. The molecule has 0 saturated carbocycles. The van der Waals surface area contributed by atoms with Gasteiger partial charge in [-0.2, -0.15) is 0 Å². The fourth-order valence-corrected chi connectivity index (χ4v) is 2.52. The first-order valence-corrected chi connectivity index (χ1v) is 6.52. The van der Waals surface area contributed by atoms with Crippen molar-refractivity contribution in [3.05, 3.63) is 59.2 Å². The lowest BCUT2D eigenvalue weighted by atomic mass is 10.1. The molecule has 3 heteroatoms. The molecule has 1 aliphatic carbocycles. The summed E-state index contributed by atoms with van der Waals surface area (Å²) in [5.41, 5.74) is 10.4. The van der Waals surface area contributed by atoms with Crippen molar-refractivity contribution in [2.24, 2.45) is 0 Å². The van der Waals surface area contributed by atoms with Crippen molar-refractivity contribution >= 4 is 17.3 Å². The number of hydrogen-bond donors (Lipinski definition) is 2. The second kappa shape index (κ2) is 4.76. The van der Waals surface area contributed by atoms with Gasteiger partial charge in [-0.15, -0.1) is 0 Å². The fraction of sp³-hybridized carbons (Fsp3) is 0.188. The van der Waals surface area contributed by atoms with Gasteiger partial charge >= 0.3 is 0 Å². The normalized spacial score (nSPS) is 13.1. The second-order valence-electron chi connectivity index (χ2n) is 4.88. The largest absolute Gasteiger partial charge is 0.397 e. The van der Waals surface area contributed by atoms with Gasteiger partial charge in [0.2, 0.25) is 0 Å². The van der Waals surface area contributed by atoms with E-state index >= 15 is 0 Å². The zero-order valence-corrected chi connectivity index (χ0v) is 10.6. The van der Waals surface area contributed by atoms with Crippen molar-refractivity contribution in [1.29, 1.82) is 0 Å². The molecule has 3 rings (SSSR count). The summed E-state index contributed by atoms with van der Waals surface area (Å²) in [5.74, 6) is -0.104. The highest BCUT2D eigenvalue weighted by Gasteiger charge is 2.14. The number of carbonyl (C=O) groups is 1. The monoisotopic (exact) mass is 252 g/mol. The van der Waals surface area contributed by atoms with Crippen LogP contribution in [-0.2, 0) is 12.8 Å². The van der Waals surface area contributed by atoms with E-state index in [2.05, 4.69) is 11.4 Å². The summed E-state index contributed by atoms with van der Waals surface area (Å²) in [4.78, 5) is 12.2. The molecule has 1 amide bonds. The predicted molar refractivity (Wildman–Crippen MR) is 77.3 cm³/mol. The quantitative estimate of drug-likeness (QED) is 0.807. The Morgan fingerprint density at radius 2 is 1.84 bits per heavy atom. The minimum atomic E-state index is -0.104. The van der Waals surface area contributed by atoms with Gasteiger partial charge in [0.25, 0.3) is 5.91 Å². The van der Waals surface area contributed by atoms with E-state index in [4.69, 9.17) is 5.73 Å². The zero-order valence-electron chi connectivity index (χ0n) is 10.6. The zero-order chi connectivity index (χ0) is 13.2. The molecule has 19 heavy (non-hydrogen) atoms. The number of rotatable bonds is 2. The first-order chi connectivity index (χ1) is 9.24. The number of fused-ring (bicyclic) bond motifs is 1. The van der Waals surface area contributed by atoms with Gasteiger partial charge in [-0.05, 0) is 54.7 Å². The summed E-state index contributed by atoms with van der Waals surface area (Å²) in [6, 6.07) is 13.2. The second-order valence-corrected chi connectivity index (χ2v) is 4.88. The number of amides is 1. The average Bonchev–Trinajstić information content (AvgIpc) is 2.88. The van der Waals surface area contributed by atoms with Gasteiger partial charge < -0.3 is 11.1 Å². The van der Waals surface area contributed by atoms with Crippen LogP contribution in [0, 0.1) is 0 Å². The first-order valence-electron chi connectivity index (χ1n) is 6.52. The highest BCUT2D eigenvalue weighted by Crippen LogP contribution is 2.24. The average molecular weight is 252 g/mol. The summed E-state index contributed by atoms with van der Waals surface area (Å²) in [5, 5.41) is 2.85. The Bertz CT molecular complexity index is 634. The van der Waals surface area contributed by atoms with Gasteiger partial charge in [-0.3, -0.25) is 4.79 Å². The molecule has 0 spiro atoms. The van der Waals surface area contributed by atoms with Crippen LogP contribution in [0.2, 0.25) is 0 Å². The molecule has 1 aliphatic rings. The summed E-state index contributed by atoms with van der Waals surface area (Å²) in [6.45, 7) is 0. The third-order valence-corrected chi connectivity index (χ3v) is 3.57. The molecular formula is C16H16N2O. The van der Waals surface area contributed by atoms with E-state index in [0.717, 1.165) is 12.8 Å². The van der Waals surface area contributed by atoms with Crippen LogP contribution in [-0.4, -0.2) is 5.91 Å². The standard InChI is InChI=1S/C16H16N2O/c17-14-6-1-2-7-15(14)18-16(19)13-9-8-11-4-3-5-12(11)10-13/h1-2,6-10H,3-5,17H2,(H,18,19). The van der Waals surface area contributed by atoms with Crippen LogP contribution in [0.3, 0.4) is 0 Å². The van der Waals surface area contributed by atoms with Crippen molar-refractivity contribution in [2.45, 2.75) is 19.3 Å². The van der Waals surface area contributed by atoms with Gasteiger partial charge in [-0.25, -0.2) is 0 Å². The molecule has 96 valence electrons. The van der Waals surface area contributed by atoms with E-state index < -0.39 is 0 Å². The van der Waals surface area contributed by atoms with Gasteiger partial charge in [0.15, 0.2) is 0 Å². The van der Waals surface area contributed by atoms with Gasteiger partial charge in [0.1, 0.15) is 0 Å². The third-order valence-electron chi connectivity index (χ3n) is 3.57. The predicted octanol–water partition coefficient (Wildman–Crippen LogP) is 3.01. The van der Waals surface area contributed by atoms with E-state index in [-0.39, 0.29) is 5.91 Å². The molecule has 3 N–H and O–H groups in total. The maximum absolute atomic E-state index is 12.2. The molecule has 0 heterocycles. The van der Waals surface area contributed by atoms with Crippen LogP contribution in [0.25, 0.3) is 0 Å². The number of aryl methyl sites for hydroxylation is 2. The van der Waals surface area contributed by atoms with E-state index in [1.54, 1.807) is 12.1 Å². The molecule has 0 saturated heterocycles. The lowest BCUT2D eigenvalue weighted by molar-refractivity contribution is 0.102. The molecule has 2 aromatic carbocycles. The molecule has 0 bridgehead atoms. The number of benzene rings is 2. The number of carbonyl (C=O) groups excluding carboxylic acids is 1. The highest BCUT2D eigenvalue weighted by molar-refractivity contribution is 6.05. The molecule has 2 aromatic rings. The van der Waals surface area contributed by atoms with Crippen LogP contribution in [0.1, 0.15) is 27.9 Å². The Labute approximate surface area is 112 Å². The van der Waals surface area contributed by atoms with Crippen molar-refractivity contribution in [1.82, 2.24) is 0 Å². The Morgan fingerprint density at radius 1 is 1.05 bits per heavy atom. The van der Waals surface area contributed by atoms with E-state index in [1.807, 2.05) is 24.3 Å². The number of anilines is 2. The molecule has 0 radical (unpaired) electrons. The van der Waals surface area contributed by atoms with Gasteiger partial charge in [-0.1, -0.05) is 18.2 Å². The van der Waals surface area contributed by atoms with Gasteiger partial charge in [0.05, 0.1) is 11.4 Å². The van der Waals surface area contributed by atoms with Crippen molar-refractivity contribution in [3.8, 4) is 0 Å². The first kappa shape index (κ1) is 11.8. The van der Waals surface area contributed by atoms with Crippen molar-refractivity contribution < 1.29 is 4.79 Å². The maximum atomic E-state index is 12.2. The summed E-state index contributed by atoms with van der Waals surface area (Å²) in [7, 11) is 0. The molecule has 3 nitrogen and oxygen atoms in total. The van der Waals surface area contributed by atoms with E-state index in [0.29, 0.717) is 16.9 Å². The topological polar surface area (TPSA) is 55.1 Å². The lowest BCUT2D eigenvalue weighted by Crippen LogP contribution is -2.13. The van der Waals surface area contributed by atoms with Crippen LogP contribution in [0.15, 0.2) is 42.5 Å². The van der Waals surface area contributed by atoms with Crippen LogP contribution < -0.4 is 11.1 Å². The summed E-state index contributed by atoms with van der Waals surface area (Å²) >= 11 is 0. The minimum Gasteiger partial charge on any atom is -0.397 e. The number of hydrogen-bond acceptors (Lipinski definition) is 2. The Kier molecular flexibility index (Phi) is 2.95. The lowest BCUT2D eigenvalue weighted by Gasteiger charge is -2.09. The Hall–Kier alpha value is -2.29. The molecule has 0 unspecified atom stereocenters. The van der Waals surface area contributed by atoms with Crippen LogP contribution >= 0.6 is 0 Å². The van der Waals surface area contributed by atoms with Crippen molar-refractivity contribution in [2.75, 3.05) is 11.1 Å². The van der Waals surface area contributed by atoms with Gasteiger partial charge in [0, 0.05) is 5.56 Å². The number of nitrogens with two attached hydrogens (primary N) is 1. The highest BCUT2D eigenvalue weighted by atomic mass is 16.1. The molecular weight excluding hydrogens is 236 g/mol. The van der Waals surface area contributed by atoms with Crippen LogP contribution in [0.5, 0.6) is 0 Å². The molecule has 0 fully saturated rings. The Morgan fingerprint density at radius 3 is 2.68 bits per heavy atom. The maximum Gasteiger partial charge on any atom is 0.255 e.